The summed E-state index contributed by atoms with van der Waals surface area (Å²) in [6, 6.07) is 19.5. The Morgan fingerprint density at radius 3 is 2.27 bits per heavy atom. The van der Waals surface area contributed by atoms with Crippen LogP contribution in [0.15, 0.2) is 90.3 Å². The molecule has 3 rings (SSSR count). The predicted molar refractivity (Wildman–Crippen MR) is 116 cm³/mol. The van der Waals surface area contributed by atoms with E-state index in [0.717, 1.165) is 10.4 Å². The second kappa shape index (κ2) is 8.79. The fourth-order valence-electron chi connectivity index (χ4n) is 2.86. The Labute approximate surface area is 175 Å². The Hall–Kier alpha value is -3.65. The van der Waals surface area contributed by atoms with Gasteiger partial charge in [0.2, 0.25) is 0 Å². The van der Waals surface area contributed by atoms with Crippen molar-refractivity contribution < 1.29 is 18.1 Å². The second-order valence-electron chi connectivity index (χ2n) is 6.44. The van der Waals surface area contributed by atoms with Crippen molar-refractivity contribution >= 4 is 21.4 Å². The molecule has 3 aromatic rings. The number of para-hydroxylation sites is 1. The number of hydrogen-bond donors (Lipinski definition) is 0. The third-order valence-corrected chi connectivity index (χ3v) is 6.28. The second-order valence-corrected chi connectivity index (χ2v) is 8.27. The van der Waals surface area contributed by atoms with E-state index in [4.69, 9.17) is 4.74 Å². The van der Waals surface area contributed by atoms with E-state index in [1.54, 1.807) is 31.2 Å². The van der Waals surface area contributed by atoms with Gasteiger partial charge in [0, 0.05) is 12.1 Å². The molecule has 7 nitrogen and oxygen atoms in total. The standard InChI is InChI=1S/C22H20N2O5S/c1-3-15-23(30(27,28)22-16-19(24(25)26)10-9-17(22)2)18-11-13-21(14-12-18)29-20-7-5-4-6-8-20/h3-14,16H,1,15H2,2H3. The number of benzene rings is 3. The first-order valence-electron chi connectivity index (χ1n) is 9.04. The highest BCUT2D eigenvalue weighted by Crippen LogP contribution is 2.30. The van der Waals surface area contributed by atoms with Crippen molar-refractivity contribution in [2.75, 3.05) is 10.8 Å². The Kier molecular flexibility index (Phi) is 6.17. The number of non-ortho nitro benzene ring substituents is 1. The van der Waals surface area contributed by atoms with Gasteiger partial charge in [0.25, 0.3) is 15.7 Å². The minimum absolute atomic E-state index is 0.00333. The molecule has 0 amide bonds. The first kappa shape index (κ1) is 21.1. The van der Waals surface area contributed by atoms with Crippen LogP contribution in [0.3, 0.4) is 0 Å². The van der Waals surface area contributed by atoms with Crippen LogP contribution in [0, 0.1) is 17.0 Å². The number of nitro benzene ring substituents is 1. The summed E-state index contributed by atoms with van der Waals surface area (Å²) in [6.45, 7) is 5.24. The van der Waals surface area contributed by atoms with Gasteiger partial charge in [-0.05, 0) is 48.9 Å². The van der Waals surface area contributed by atoms with Gasteiger partial charge in [-0.2, -0.15) is 0 Å². The maximum atomic E-state index is 13.3. The number of nitrogens with zero attached hydrogens (tertiary/aromatic N) is 2. The lowest BCUT2D eigenvalue weighted by Crippen LogP contribution is -2.31. The van der Waals surface area contributed by atoms with Crippen molar-refractivity contribution in [1.82, 2.24) is 0 Å². The molecule has 154 valence electrons. The summed E-state index contributed by atoms with van der Waals surface area (Å²) < 4.78 is 33.5. The molecule has 0 aromatic heterocycles. The molecular formula is C22H20N2O5S. The zero-order chi connectivity index (χ0) is 21.7. The number of nitro groups is 1. The molecule has 0 saturated heterocycles. The van der Waals surface area contributed by atoms with Gasteiger partial charge in [-0.3, -0.25) is 14.4 Å². The van der Waals surface area contributed by atoms with Crippen LogP contribution in [0.5, 0.6) is 11.5 Å². The smallest absolute Gasteiger partial charge is 0.270 e. The number of rotatable bonds is 8. The lowest BCUT2D eigenvalue weighted by atomic mass is 10.2. The number of ether oxygens (including phenoxy) is 1. The van der Waals surface area contributed by atoms with Gasteiger partial charge in [-0.1, -0.05) is 30.3 Å². The van der Waals surface area contributed by atoms with E-state index in [1.807, 2.05) is 30.3 Å². The molecule has 0 spiro atoms. The third kappa shape index (κ3) is 4.49. The number of sulfonamides is 1. The molecule has 0 saturated carbocycles. The Bertz CT molecular complexity index is 1160. The normalized spacial score (nSPS) is 11.0. The molecule has 0 atom stereocenters. The zero-order valence-electron chi connectivity index (χ0n) is 16.3. The van der Waals surface area contributed by atoms with E-state index in [9.17, 15) is 18.5 Å². The highest BCUT2D eigenvalue weighted by atomic mass is 32.2. The number of anilines is 1. The maximum Gasteiger partial charge on any atom is 0.270 e. The molecule has 0 aliphatic carbocycles. The molecule has 0 fully saturated rings. The molecule has 0 heterocycles. The van der Waals surface area contributed by atoms with E-state index in [1.165, 1.54) is 18.2 Å². The fourth-order valence-corrected chi connectivity index (χ4v) is 4.55. The lowest BCUT2D eigenvalue weighted by molar-refractivity contribution is -0.385. The van der Waals surface area contributed by atoms with Crippen molar-refractivity contribution in [3.05, 3.63) is 101 Å². The third-order valence-electron chi connectivity index (χ3n) is 4.35. The van der Waals surface area contributed by atoms with Crippen molar-refractivity contribution in [3.63, 3.8) is 0 Å². The zero-order valence-corrected chi connectivity index (χ0v) is 17.1. The summed E-state index contributed by atoms with van der Waals surface area (Å²) in [5, 5.41) is 11.1. The molecule has 30 heavy (non-hydrogen) atoms. The highest BCUT2D eigenvalue weighted by molar-refractivity contribution is 7.92. The highest BCUT2D eigenvalue weighted by Gasteiger charge is 2.27. The van der Waals surface area contributed by atoms with Crippen LogP contribution in [-0.4, -0.2) is 19.9 Å². The number of hydrogen-bond acceptors (Lipinski definition) is 5. The fraction of sp³-hybridized carbons (Fsp3) is 0.0909. The molecule has 0 N–H and O–H groups in total. The van der Waals surface area contributed by atoms with E-state index in [-0.39, 0.29) is 17.1 Å². The van der Waals surface area contributed by atoms with E-state index in [0.29, 0.717) is 22.7 Å². The van der Waals surface area contributed by atoms with Gasteiger partial charge in [0.15, 0.2) is 0 Å². The quantitative estimate of drug-likeness (QED) is 0.286. The van der Waals surface area contributed by atoms with E-state index < -0.39 is 14.9 Å². The summed E-state index contributed by atoms with van der Waals surface area (Å²) >= 11 is 0. The van der Waals surface area contributed by atoms with Gasteiger partial charge in [-0.15, -0.1) is 6.58 Å². The summed E-state index contributed by atoms with van der Waals surface area (Å²) in [5.74, 6) is 1.21. The summed E-state index contributed by atoms with van der Waals surface area (Å²) in [7, 11) is -4.06. The van der Waals surface area contributed by atoms with Crippen LogP contribution >= 0.6 is 0 Å². The van der Waals surface area contributed by atoms with Crippen molar-refractivity contribution in [3.8, 4) is 11.5 Å². The van der Waals surface area contributed by atoms with Crippen LogP contribution in [0.25, 0.3) is 0 Å². The molecule has 0 bridgehead atoms. The van der Waals surface area contributed by atoms with Crippen LogP contribution in [0.2, 0.25) is 0 Å². The molecule has 0 aliphatic rings. The average Bonchev–Trinajstić information content (AvgIpc) is 2.73. The minimum Gasteiger partial charge on any atom is -0.457 e. The molecular weight excluding hydrogens is 404 g/mol. The summed E-state index contributed by atoms with van der Waals surface area (Å²) in [6.07, 6.45) is 1.46. The maximum absolute atomic E-state index is 13.3. The first-order valence-corrected chi connectivity index (χ1v) is 10.5. The summed E-state index contributed by atoms with van der Waals surface area (Å²) in [5.41, 5.74) is 0.518. The van der Waals surface area contributed by atoms with Crippen molar-refractivity contribution in [2.45, 2.75) is 11.8 Å². The first-order chi connectivity index (χ1) is 14.3. The Morgan fingerprint density at radius 1 is 1.03 bits per heavy atom. The molecule has 0 aliphatic heterocycles. The lowest BCUT2D eigenvalue weighted by Gasteiger charge is -2.24. The minimum atomic E-state index is -4.06. The van der Waals surface area contributed by atoms with Gasteiger partial charge in [-0.25, -0.2) is 8.42 Å². The Morgan fingerprint density at radius 2 is 1.67 bits per heavy atom. The summed E-state index contributed by atoms with van der Waals surface area (Å²) in [4.78, 5) is 10.4. The SMILES string of the molecule is C=CCN(c1ccc(Oc2ccccc2)cc1)S(=O)(=O)c1cc([N+](=O)[O-])ccc1C. The average molecular weight is 424 g/mol. The number of aryl methyl sites for hydroxylation is 1. The van der Waals surface area contributed by atoms with Gasteiger partial charge >= 0.3 is 0 Å². The molecule has 8 heteroatoms. The Balaban J connectivity index is 1.96. The predicted octanol–water partition coefficient (Wildman–Crippen LogP) is 5.08. The van der Waals surface area contributed by atoms with E-state index >= 15 is 0 Å². The van der Waals surface area contributed by atoms with Crippen molar-refractivity contribution in [1.29, 1.82) is 0 Å². The van der Waals surface area contributed by atoms with Gasteiger partial charge in [0.05, 0.1) is 22.1 Å². The largest absolute Gasteiger partial charge is 0.457 e. The molecule has 0 unspecified atom stereocenters. The van der Waals surface area contributed by atoms with Crippen LogP contribution in [0.4, 0.5) is 11.4 Å². The molecule has 0 radical (unpaired) electrons. The van der Waals surface area contributed by atoms with Gasteiger partial charge in [0.1, 0.15) is 11.5 Å². The van der Waals surface area contributed by atoms with Crippen LogP contribution in [0.1, 0.15) is 5.56 Å². The van der Waals surface area contributed by atoms with Gasteiger partial charge < -0.3 is 4.74 Å². The van der Waals surface area contributed by atoms with E-state index in [2.05, 4.69) is 6.58 Å². The van der Waals surface area contributed by atoms with Crippen molar-refractivity contribution in [2.24, 2.45) is 0 Å². The molecule has 3 aromatic carbocycles. The topological polar surface area (TPSA) is 89.8 Å². The van der Waals surface area contributed by atoms with Crippen LogP contribution in [-0.2, 0) is 10.0 Å². The van der Waals surface area contributed by atoms with Crippen LogP contribution < -0.4 is 9.04 Å². The monoisotopic (exact) mass is 424 g/mol.